The van der Waals surface area contributed by atoms with Crippen molar-refractivity contribution >= 4 is 44.5 Å². The Bertz CT molecular complexity index is 1030. The second-order valence-corrected chi connectivity index (χ2v) is 7.85. The molecule has 4 rings (SSSR count). The number of anilines is 1. The van der Waals surface area contributed by atoms with Crippen molar-refractivity contribution in [2.45, 2.75) is 19.8 Å². The molecule has 2 aromatic heterocycles. The Labute approximate surface area is 159 Å². The first kappa shape index (κ1) is 16.9. The number of carbonyl (C=O) groups excluding carboxylic acids is 1. The minimum Gasteiger partial charge on any atom is -0.326 e. The number of benzene rings is 2. The zero-order valence-corrected chi connectivity index (χ0v) is 15.9. The van der Waals surface area contributed by atoms with Crippen LogP contribution in [0.25, 0.3) is 20.8 Å². The number of para-hydroxylation sites is 1. The van der Waals surface area contributed by atoms with Gasteiger partial charge in [-0.2, -0.15) is 0 Å². The van der Waals surface area contributed by atoms with Crippen LogP contribution in [0.4, 0.5) is 5.69 Å². The Kier molecular flexibility index (Phi) is 4.77. The summed E-state index contributed by atoms with van der Waals surface area (Å²) in [4.78, 5) is 21.4. The summed E-state index contributed by atoms with van der Waals surface area (Å²) in [7, 11) is 0. The molecule has 4 nitrogen and oxygen atoms in total. The first-order chi connectivity index (χ1) is 12.7. The van der Waals surface area contributed by atoms with Crippen molar-refractivity contribution in [1.82, 2.24) is 9.97 Å². The second-order valence-electron chi connectivity index (χ2n) is 5.88. The minimum atomic E-state index is -0.0561. The summed E-state index contributed by atoms with van der Waals surface area (Å²) < 4.78 is 1.16. The van der Waals surface area contributed by atoms with Gasteiger partial charge in [-0.3, -0.25) is 4.79 Å². The molecular weight excluding hydrogens is 362 g/mol. The molecule has 0 aliphatic carbocycles. The molecule has 0 radical (unpaired) electrons. The van der Waals surface area contributed by atoms with Crippen molar-refractivity contribution in [2.24, 2.45) is 0 Å². The summed E-state index contributed by atoms with van der Waals surface area (Å²) in [5.41, 5.74) is 3.60. The van der Waals surface area contributed by atoms with E-state index in [0.717, 1.165) is 43.6 Å². The fourth-order valence-electron chi connectivity index (χ4n) is 2.69. The predicted molar refractivity (Wildman–Crippen MR) is 109 cm³/mol. The molecule has 26 heavy (non-hydrogen) atoms. The van der Waals surface area contributed by atoms with Gasteiger partial charge in [-0.25, -0.2) is 9.97 Å². The Hall–Kier alpha value is -2.57. The summed E-state index contributed by atoms with van der Waals surface area (Å²) in [6, 6.07) is 15.9. The van der Waals surface area contributed by atoms with Gasteiger partial charge < -0.3 is 5.32 Å². The normalized spacial score (nSPS) is 11.0. The average Bonchev–Trinajstić information content (AvgIpc) is 3.28. The predicted octanol–water partition coefficient (Wildman–Crippen LogP) is 5.16. The lowest BCUT2D eigenvalue weighted by atomic mass is 10.2. The highest BCUT2D eigenvalue weighted by Crippen LogP contribution is 2.31. The summed E-state index contributed by atoms with van der Waals surface area (Å²) >= 11 is 3.25. The van der Waals surface area contributed by atoms with Gasteiger partial charge in [0.05, 0.1) is 27.3 Å². The van der Waals surface area contributed by atoms with Crippen LogP contribution in [0.2, 0.25) is 0 Å². The number of aromatic nitrogens is 2. The van der Waals surface area contributed by atoms with Gasteiger partial charge in [0.15, 0.2) is 0 Å². The number of nitrogens with zero attached hydrogens (tertiary/aromatic N) is 2. The number of rotatable bonds is 5. The first-order valence-corrected chi connectivity index (χ1v) is 10.1. The highest BCUT2D eigenvalue weighted by Gasteiger charge is 2.10. The molecule has 0 aliphatic rings. The van der Waals surface area contributed by atoms with Crippen molar-refractivity contribution in [3.8, 4) is 10.6 Å². The third-order valence-corrected chi connectivity index (χ3v) is 6.06. The van der Waals surface area contributed by atoms with Crippen LogP contribution in [0, 0.1) is 0 Å². The maximum Gasteiger partial charge on any atom is 0.230 e. The van der Waals surface area contributed by atoms with E-state index in [2.05, 4.69) is 28.3 Å². The monoisotopic (exact) mass is 379 g/mol. The third-order valence-electron chi connectivity index (χ3n) is 3.93. The Balaban J connectivity index is 1.51. The molecule has 2 heterocycles. The highest BCUT2D eigenvalue weighted by atomic mass is 32.1. The molecule has 0 saturated carbocycles. The summed E-state index contributed by atoms with van der Waals surface area (Å²) in [5.74, 6) is -0.0561. The van der Waals surface area contributed by atoms with Gasteiger partial charge in [0.2, 0.25) is 5.91 Å². The molecule has 0 fully saturated rings. The smallest absolute Gasteiger partial charge is 0.230 e. The van der Waals surface area contributed by atoms with Crippen LogP contribution in [-0.4, -0.2) is 15.9 Å². The van der Waals surface area contributed by atoms with Crippen LogP contribution in [-0.2, 0) is 17.6 Å². The lowest BCUT2D eigenvalue weighted by Crippen LogP contribution is -2.14. The van der Waals surface area contributed by atoms with Gasteiger partial charge in [-0.1, -0.05) is 31.2 Å². The molecule has 4 aromatic rings. The van der Waals surface area contributed by atoms with Crippen LogP contribution in [0.1, 0.15) is 17.6 Å². The van der Waals surface area contributed by atoms with E-state index in [0.29, 0.717) is 6.42 Å². The molecule has 1 N–H and O–H groups in total. The zero-order chi connectivity index (χ0) is 17.9. The quantitative estimate of drug-likeness (QED) is 0.521. The van der Waals surface area contributed by atoms with E-state index in [1.54, 1.807) is 22.7 Å². The van der Waals surface area contributed by atoms with Gasteiger partial charge in [-0.15, -0.1) is 22.7 Å². The van der Waals surface area contributed by atoms with Gasteiger partial charge in [0.25, 0.3) is 0 Å². The van der Waals surface area contributed by atoms with Crippen molar-refractivity contribution in [3.63, 3.8) is 0 Å². The number of fused-ring (bicyclic) bond motifs is 1. The van der Waals surface area contributed by atoms with Crippen LogP contribution >= 0.6 is 22.7 Å². The standard InChI is InChI=1S/C20H17N3OS2/c1-2-19-22-15(12-25-19)11-18(24)21-14-7-5-6-13(10-14)20-23-16-8-3-4-9-17(16)26-20/h3-10,12H,2,11H2,1H3,(H,21,24). The molecule has 130 valence electrons. The van der Waals surface area contributed by atoms with Gasteiger partial charge >= 0.3 is 0 Å². The molecular formula is C20H17N3OS2. The van der Waals surface area contributed by atoms with Crippen molar-refractivity contribution < 1.29 is 4.79 Å². The van der Waals surface area contributed by atoms with Crippen LogP contribution in [0.15, 0.2) is 53.9 Å². The van der Waals surface area contributed by atoms with E-state index in [1.165, 1.54) is 0 Å². The number of nitrogens with one attached hydrogen (secondary N) is 1. The number of thiazole rings is 2. The molecule has 0 spiro atoms. The van der Waals surface area contributed by atoms with E-state index in [9.17, 15) is 4.79 Å². The molecule has 0 atom stereocenters. The zero-order valence-electron chi connectivity index (χ0n) is 14.2. The van der Waals surface area contributed by atoms with Crippen molar-refractivity contribution in [3.05, 3.63) is 64.6 Å². The summed E-state index contributed by atoms with van der Waals surface area (Å²) in [5, 5.41) is 6.93. The number of carbonyl (C=O) groups is 1. The van der Waals surface area contributed by atoms with E-state index in [4.69, 9.17) is 0 Å². The largest absolute Gasteiger partial charge is 0.326 e. The molecule has 0 aliphatic heterocycles. The van der Waals surface area contributed by atoms with E-state index in [-0.39, 0.29) is 5.91 Å². The fraction of sp³-hybridized carbons (Fsp3) is 0.150. The van der Waals surface area contributed by atoms with Gasteiger partial charge in [0, 0.05) is 16.6 Å². The average molecular weight is 380 g/mol. The topological polar surface area (TPSA) is 54.9 Å². The Morgan fingerprint density at radius 1 is 1.12 bits per heavy atom. The molecule has 0 bridgehead atoms. The SMILES string of the molecule is CCc1nc(CC(=O)Nc2cccc(-c3nc4ccccc4s3)c2)cs1. The van der Waals surface area contributed by atoms with Gasteiger partial charge in [0.1, 0.15) is 5.01 Å². The van der Waals surface area contributed by atoms with Crippen LogP contribution in [0.3, 0.4) is 0 Å². The van der Waals surface area contributed by atoms with Gasteiger partial charge in [-0.05, 0) is 30.7 Å². The van der Waals surface area contributed by atoms with Crippen molar-refractivity contribution in [1.29, 1.82) is 0 Å². The van der Waals surface area contributed by atoms with E-state index < -0.39 is 0 Å². The Morgan fingerprint density at radius 2 is 2.00 bits per heavy atom. The molecule has 6 heteroatoms. The van der Waals surface area contributed by atoms with Crippen LogP contribution < -0.4 is 5.32 Å². The second kappa shape index (κ2) is 7.35. The van der Waals surface area contributed by atoms with E-state index in [1.807, 2.05) is 47.8 Å². The fourth-order valence-corrected chi connectivity index (χ4v) is 4.39. The Morgan fingerprint density at radius 3 is 2.81 bits per heavy atom. The minimum absolute atomic E-state index is 0.0561. The van der Waals surface area contributed by atoms with Crippen LogP contribution in [0.5, 0.6) is 0 Å². The summed E-state index contributed by atoms with van der Waals surface area (Å²) in [6.07, 6.45) is 1.19. The molecule has 0 saturated heterocycles. The molecule has 2 aromatic carbocycles. The molecule has 1 amide bonds. The first-order valence-electron chi connectivity index (χ1n) is 8.40. The summed E-state index contributed by atoms with van der Waals surface area (Å²) in [6.45, 7) is 2.07. The van der Waals surface area contributed by atoms with E-state index >= 15 is 0 Å². The lowest BCUT2D eigenvalue weighted by Gasteiger charge is -2.05. The number of hydrogen-bond acceptors (Lipinski definition) is 5. The number of hydrogen-bond donors (Lipinski definition) is 1. The highest BCUT2D eigenvalue weighted by molar-refractivity contribution is 7.21. The maximum atomic E-state index is 12.3. The lowest BCUT2D eigenvalue weighted by molar-refractivity contribution is -0.115. The van der Waals surface area contributed by atoms with Crippen molar-refractivity contribution in [2.75, 3.05) is 5.32 Å². The number of amides is 1. The third kappa shape index (κ3) is 3.66. The molecule has 0 unspecified atom stereocenters. The maximum absolute atomic E-state index is 12.3. The number of aryl methyl sites for hydroxylation is 1.